The molecule has 0 aliphatic rings. The van der Waals surface area contributed by atoms with Crippen molar-refractivity contribution in [3.05, 3.63) is 11.7 Å². The van der Waals surface area contributed by atoms with Gasteiger partial charge in [0.1, 0.15) is 0 Å². The molecule has 0 bridgehead atoms. The van der Waals surface area contributed by atoms with Crippen molar-refractivity contribution in [2.75, 3.05) is 0 Å². The number of alkyl halides is 6. The third-order valence-electron chi connectivity index (χ3n) is 1.21. The lowest BCUT2D eigenvalue weighted by Gasteiger charge is -2.14. The maximum absolute atomic E-state index is 12.4. The smallest absolute Gasteiger partial charge is 0.332 e. The van der Waals surface area contributed by atoms with Crippen LogP contribution < -0.4 is 0 Å². The molecule has 0 saturated carbocycles. The van der Waals surface area contributed by atoms with Gasteiger partial charge in [0.05, 0.1) is 5.88 Å². The molecular weight excluding hydrogens is 235 g/mol. The van der Waals surface area contributed by atoms with Gasteiger partial charge in [0, 0.05) is 0 Å². The van der Waals surface area contributed by atoms with Crippen LogP contribution in [0.25, 0.3) is 0 Å². The van der Waals surface area contributed by atoms with E-state index in [0.717, 1.165) is 0 Å². The fourth-order valence-electron chi connectivity index (χ4n) is 0.557. The van der Waals surface area contributed by atoms with Gasteiger partial charge in [-0.2, -0.15) is 26.9 Å². The summed E-state index contributed by atoms with van der Waals surface area (Å²) in [7, 11) is 0. The van der Waals surface area contributed by atoms with Crippen molar-refractivity contribution in [2.24, 2.45) is 0 Å². The quantitative estimate of drug-likeness (QED) is 0.585. The lowest BCUT2D eigenvalue weighted by Crippen LogP contribution is -2.34. The Balaban J connectivity index is 3.04. The average Bonchev–Trinajstić information content (AvgIpc) is 2.49. The zero-order valence-corrected chi connectivity index (χ0v) is 7.03. The summed E-state index contributed by atoms with van der Waals surface area (Å²) in [5.74, 6) is -7.78. The van der Waals surface area contributed by atoms with Crippen molar-refractivity contribution < 1.29 is 26.5 Å². The molecule has 9 heteroatoms. The summed E-state index contributed by atoms with van der Waals surface area (Å²) in [5.41, 5.74) is 0. The van der Waals surface area contributed by atoms with Gasteiger partial charge in [0.2, 0.25) is 0 Å². The van der Waals surface area contributed by atoms with Gasteiger partial charge in [-0.1, -0.05) is 5.16 Å². The van der Waals surface area contributed by atoms with Crippen molar-refractivity contribution in [2.45, 2.75) is 18.0 Å². The maximum atomic E-state index is 12.4. The second-order valence-electron chi connectivity index (χ2n) is 2.22. The van der Waals surface area contributed by atoms with Crippen LogP contribution in [0.1, 0.15) is 11.7 Å². The highest BCUT2D eigenvalue weighted by atomic mass is 35.5. The third kappa shape index (κ3) is 1.79. The highest BCUT2D eigenvalue weighted by Crippen LogP contribution is 2.42. The van der Waals surface area contributed by atoms with Crippen LogP contribution in [-0.4, -0.2) is 16.3 Å². The van der Waals surface area contributed by atoms with Gasteiger partial charge in [-0.05, 0) is 0 Å². The first-order chi connectivity index (χ1) is 6.29. The monoisotopic (exact) mass is 236 g/mol. The van der Waals surface area contributed by atoms with Crippen molar-refractivity contribution in [1.29, 1.82) is 0 Å². The average molecular weight is 237 g/mol. The molecule has 1 heterocycles. The van der Waals surface area contributed by atoms with Gasteiger partial charge in [-0.25, -0.2) is 0 Å². The van der Waals surface area contributed by atoms with Crippen molar-refractivity contribution in [3.8, 4) is 0 Å². The van der Waals surface area contributed by atoms with Crippen LogP contribution in [0.2, 0.25) is 0 Å². The first-order valence-electron chi connectivity index (χ1n) is 3.12. The molecule has 1 aromatic rings. The van der Waals surface area contributed by atoms with Crippen LogP contribution in [0.4, 0.5) is 22.0 Å². The zero-order chi connectivity index (χ0) is 11.0. The van der Waals surface area contributed by atoms with E-state index in [1.807, 2.05) is 0 Å². The van der Waals surface area contributed by atoms with Crippen LogP contribution in [-0.2, 0) is 11.8 Å². The number of aromatic nitrogens is 2. The van der Waals surface area contributed by atoms with Crippen LogP contribution in [0.5, 0.6) is 0 Å². The molecule has 0 aliphatic carbocycles. The Hall–Kier alpha value is -0.920. The van der Waals surface area contributed by atoms with Gasteiger partial charge in [0.25, 0.3) is 0 Å². The van der Waals surface area contributed by atoms with Crippen LogP contribution in [0.15, 0.2) is 4.52 Å². The SMILES string of the molecule is FC(F)(F)C(F)(F)c1nc(CCl)no1. The van der Waals surface area contributed by atoms with Crippen molar-refractivity contribution in [1.82, 2.24) is 10.1 Å². The molecule has 0 aliphatic heterocycles. The summed E-state index contributed by atoms with van der Waals surface area (Å²) in [6.07, 6.45) is -5.76. The van der Waals surface area contributed by atoms with Crippen LogP contribution in [0, 0.1) is 0 Å². The minimum atomic E-state index is -5.76. The molecule has 0 saturated heterocycles. The van der Waals surface area contributed by atoms with Crippen molar-refractivity contribution >= 4 is 11.6 Å². The highest BCUT2D eigenvalue weighted by molar-refractivity contribution is 6.16. The number of nitrogens with zero attached hydrogens (tertiary/aromatic N) is 2. The second-order valence-corrected chi connectivity index (χ2v) is 2.49. The summed E-state index contributed by atoms with van der Waals surface area (Å²) in [4.78, 5) is 2.79. The first kappa shape index (κ1) is 11.2. The molecule has 0 amide bonds. The molecule has 0 fully saturated rings. The molecule has 80 valence electrons. The van der Waals surface area contributed by atoms with E-state index >= 15 is 0 Å². The normalized spacial score (nSPS) is 13.3. The van der Waals surface area contributed by atoms with E-state index in [1.54, 1.807) is 0 Å². The molecule has 0 N–H and O–H groups in total. The Morgan fingerprint density at radius 1 is 1.21 bits per heavy atom. The molecule has 0 unspecified atom stereocenters. The largest absolute Gasteiger partial charge is 0.463 e. The number of hydrogen-bond donors (Lipinski definition) is 0. The molecule has 0 spiro atoms. The van der Waals surface area contributed by atoms with Gasteiger partial charge < -0.3 is 4.52 Å². The predicted octanol–water partition coefficient (Wildman–Crippen LogP) is 2.46. The topological polar surface area (TPSA) is 38.9 Å². The lowest BCUT2D eigenvalue weighted by atomic mass is 10.3. The Bertz CT molecular complexity index is 322. The number of halogens is 6. The first-order valence-corrected chi connectivity index (χ1v) is 3.66. The summed E-state index contributed by atoms with van der Waals surface area (Å²) < 4.78 is 63.8. The molecule has 1 rings (SSSR count). The van der Waals surface area contributed by atoms with Gasteiger partial charge in [-0.15, -0.1) is 11.6 Å². The summed E-state index contributed by atoms with van der Waals surface area (Å²) >= 11 is 5.09. The van der Waals surface area contributed by atoms with Crippen LogP contribution >= 0.6 is 11.6 Å². The summed E-state index contributed by atoms with van der Waals surface area (Å²) in [6, 6.07) is 0. The van der Waals surface area contributed by atoms with E-state index in [-0.39, 0.29) is 0 Å². The van der Waals surface area contributed by atoms with Crippen LogP contribution in [0.3, 0.4) is 0 Å². The van der Waals surface area contributed by atoms with E-state index in [1.165, 1.54) is 0 Å². The molecular formula is C5H2ClF5N2O. The Morgan fingerprint density at radius 3 is 2.14 bits per heavy atom. The third-order valence-corrected chi connectivity index (χ3v) is 1.45. The maximum Gasteiger partial charge on any atom is 0.463 e. The van der Waals surface area contributed by atoms with E-state index in [4.69, 9.17) is 11.6 Å². The Labute approximate surface area is 78.8 Å². The van der Waals surface area contributed by atoms with E-state index in [2.05, 4.69) is 14.7 Å². The molecule has 1 aromatic heterocycles. The number of hydrogen-bond acceptors (Lipinski definition) is 3. The molecule has 14 heavy (non-hydrogen) atoms. The van der Waals surface area contributed by atoms with Gasteiger partial charge in [0.15, 0.2) is 5.82 Å². The fraction of sp³-hybridized carbons (Fsp3) is 0.600. The molecule has 3 nitrogen and oxygen atoms in total. The van der Waals surface area contributed by atoms with Gasteiger partial charge >= 0.3 is 18.0 Å². The standard InChI is InChI=1S/C5H2ClF5N2O/c6-1-2-12-3(14-13-2)4(7,8)5(9,10)11/h1H2. The highest BCUT2D eigenvalue weighted by Gasteiger charge is 2.63. The zero-order valence-electron chi connectivity index (χ0n) is 6.28. The molecule has 0 aromatic carbocycles. The summed E-state index contributed by atoms with van der Waals surface area (Å²) in [6.45, 7) is 0. The summed E-state index contributed by atoms with van der Waals surface area (Å²) in [5, 5.41) is 2.82. The minimum Gasteiger partial charge on any atom is -0.332 e. The molecule has 0 radical (unpaired) electrons. The second kappa shape index (κ2) is 3.34. The fourth-order valence-corrected chi connectivity index (χ4v) is 0.666. The van der Waals surface area contributed by atoms with Crippen molar-refractivity contribution in [3.63, 3.8) is 0 Å². The Morgan fingerprint density at radius 2 is 1.79 bits per heavy atom. The lowest BCUT2D eigenvalue weighted by molar-refractivity contribution is -0.298. The number of rotatable bonds is 2. The Kier molecular flexibility index (Phi) is 2.66. The van der Waals surface area contributed by atoms with E-state index < -0.39 is 29.7 Å². The van der Waals surface area contributed by atoms with E-state index in [0.29, 0.717) is 0 Å². The van der Waals surface area contributed by atoms with Gasteiger partial charge in [-0.3, -0.25) is 0 Å². The van der Waals surface area contributed by atoms with E-state index in [9.17, 15) is 22.0 Å². The molecule has 0 atom stereocenters. The minimum absolute atomic E-state index is 0.405. The predicted molar refractivity (Wildman–Crippen MR) is 33.8 cm³/mol.